The topological polar surface area (TPSA) is 21.7 Å². The van der Waals surface area contributed by atoms with Crippen molar-refractivity contribution in [2.45, 2.75) is 0 Å². The standard InChI is InChI=1S/C54H37NO2Si/c1-4-14-38(15-5-1)40-26-32-45(33-27-40)58(51-23-13-10-20-47(51)53-52(58)37-36-50-54(53)57-49-22-12-11-21-48(49)56-50)46-34-28-41(29-35-46)39-24-30-44(31-25-39)55(42-16-6-2-7-17-42)43-18-8-3-9-19-43/h1-37H. The van der Waals surface area contributed by atoms with Crippen molar-refractivity contribution in [2.75, 3.05) is 4.90 Å². The number of hydrogen-bond acceptors (Lipinski definition) is 3. The molecule has 2 aliphatic heterocycles. The fourth-order valence-electron chi connectivity index (χ4n) is 8.99. The molecule has 0 fully saturated rings. The van der Waals surface area contributed by atoms with Gasteiger partial charge >= 0.3 is 0 Å². The molecular weight excluding hydrogens is 723 g/mol. The molecule has 1 unspecified atom stereocenters. The third-order valence-corrected chi connectivity index (χ3v) is 16.5. The summed E-state index contributed by atoms with van der Waals surface area (Å²) >= 11 is 0. The Balaban J connectivity index is 1.04. The van der Waals surface area contributed by atoms with Crippen LogP contribution in [0.15, 0.2) is 224 Å². The van der Waals surface area contributed by atoms with Crippen LogP contribution in [0.2, 0.25) is 0 Å². The highest BCUT2D eigenvalue weighted by Gasteiger charge is 2.50. The Morgan fingerprint density at radius 3 is 1.34 bits per heavy atom. The predicted molar refractivity (Wildman–Crippen MR) is 241 cm³/mol. The lowest BCUT2D eigenvalue weighted by Crippen LogP contribution is -2.72. The van der Waals surface area contributed by atoms with Gasteiger partial charge in [-0.2, -0.15) is 0 Å². The highest BCUT2D eigenvalue weighted by Crippen LogP contribution is 2.50. The van der Waals surface area contributed by atoms with E-state index in [1.807, 2.05) is 24.3 Å². The van der Waals surface area contributed by atoms with Crippen LogP contribution >= 0.6 is 0 Å². The molecule has 0 N–H and O–H groups in total. The van der Waals surface area contributed by atoms with Crippen LogP contribution in [0.25, 0.3) is 33.4 Å². The number of rotatable bonds is 7. The predicted octanol–water partition coefficient (Wildman–Crippen LogP) is 11.7. The smallest absolute Gasteiger partial charge is 0.181 e. The molecule has 58 heavy (non-hydrogen) atoms. The third-order valence-electron chi connectivity index (χ3n) is 11.6. The van der Waals surface area contributed by atoms with Crippen LogP contribution in [0.5, 0.6) is 23.0 Å². The zero-order valence-corrected chi connectivity index (χ0v) is 32.6. The van der Waals surface area contributed by atoms with Crippen molar-refractivity contribution in [3.63, 3.8) is 0 Å². The molecule has 0 radical (unpaired) electrons. The van der Waals surface area contributed by atoms with Crippen molar-refractivity contribution in [3.8, 4) is 56.4 Å². The summed E-state index contributed by atoms with van der Waals surface area (Å²) in [5.74, 6) is 3.00. The lowest BCUT2D eigenvalue weighted by atomic mass is 10.0. The van der Waals surface area contributed by atoms with E-state index in [1.165, 1.54) is 48.6 Å². The molecule has 9 aromatic carbocycles. The molecule has 1 atom stereocenters. The number of anilines is 3. The van der Waals surface area contributed by atoms with E-state index in [2.05, 4.69) is 205 Å². The lowest BCUT2D eigenvalue weighted by molar-refractivity contribution is 0.361. The van der Waals surface area contributed by atoms with Crippen LogP contribution in [0.3, 0.4) is 0 Å². The van der Waals surface area contributed by atoms with Gasteiger partial charge in [0.05, 0.1) is 0 Å². The minimum atomic E-state index is -2.87. The summed E-state index contributed by atoms with van der Waals surface area (Å²) in [4.78, 5) is 2.30. The second-order valence-corrected chi connectivity index (χ2v) is 18.6. The fraction of sp³-hybridized carbons (Fsp3) is 0. The maximum Gasteiger partial charge on any atom is 0.181 e. The molecular formula is C54H37NO2Si. The molecule has 3 nitrogen and oxygen atoms in total. The quantitative estimate of drug-likeness (QED) is 0.151. The highest BCUT2D eigenvalue weighted by molar-refractivity contribution is 7.22. The van der Waals surface area contributed by atoms with Gasteiger partial charge in [-0.1, -0.05) is 170 Å². The molecule has 0 saturated carbocycles. The van der Waals surface area contributed by atoms with Crippen molar-refractivity contribution in [1.82, 2.24) is 0 Å². The van der Waals surface area contributed by atoms with Gasteiger partial charge in [0.2, 0.25) is 0 Å². The largest absolute Gasteiger partial charge is 0.449 e. The average Bonchev–Trinajstić information content (AvgIpc) is 3.61. The molecule has 2 heterocycles. The maximum atomic E-state index is 6.77. The van der Waals surface area contributed by atoms with E-state index in [4.69, 9.17) is 9.47 Å². The molecule has 2 aliphatic rings. The molecule has 0 aromatic heterocycles. The third kappa shape index (κ3) is 5.49. The van der Waals surface area contributed by atoms with Crippen LogP contribution in [0.4, 0.5) is 17.1 Å². The summed E-state index contributed by atoms with van der Waals surface area (Å²) < 4.78 is 13.3. The van der Waals surface area contributed by atoms with Gasteiger partial charge in [0.1, 0.15) is 0 Å². The minimum Gasteiger partial charge on any atom is -0.449 e. The Morgan fingerprint density at radius 1 is 0.310 bits per heavy atom. The molecule has 0 saturated heterocycles. The zero-order valence-electron chi connectivity index (χ0n) is 31.6. The highest BCUT2D eigenvalue weighted by atomic mass is 28.3. The van der Waals surface area contributed by atoms with Gasteiger partial charge in [0, 0.05) is 22.6 Å². The average molecular weight is 760 g/mol. The molecule has 0 amide bonds. The summed E-state index contributed by atoms with van der Waals surface area (Å²) in [6.07, 6.45) is 0. The minimum absolute atomic E-state index is 0.734. The number of ether oxygens (including phenoxy) is 2. The molecule has 11 rings (SSSR count). The summed E-state index contributed by atoms with van der Waals surface area (Å²) in [6.45, 7) is 0. The van der Waals surface area contributed by atoms with Crippen molar-refractivity contribution in [3.05, 3.63) is 224 Å². The van der Waals surface area contributed by atoms with Crippen LogP contribution in [0.1, 0.15) is 0 Å². The van der Waals surface area contributed by atoms with E-state index in [-0.39, 0.29) is 0 Å². The fourth-order valence-corrected chi connectivity index (χ4v) is 14.1. The van der Waals surface area contributed by atoms with E-state index < -0.39 is 8.07 Å². The molecule has 274 valence electrons. The van der Waals surface area contributed by atoms with Gasteiger partial charge in [-0.25, -0.2) is 0 Å². The van der Waals surface area contributed by atoms with Crippen molar-refractivity contribution < 1.29 is 9.47 Å². The number of para-hydroxylation sites is 4. The maximum absolute atomic E-state index is 6.77. The normalized spacial score (nSPS) is 14.6. The van der Waals surface area contributed by atoms with Gasteiger partial charge in [-0.05, 0) is 103 Å². The summed E-state index contributed by atoms with van der Waals surface area (Å²) in [6, 6.07) is 80.6. The van der Waals surface area contributed by atoms with Gasteiger partial charge in [-0.15, -0.1) is 0 Å². The van der Waals surface area contributed by atoms with Gasteiger partial charge < -0.3 is 14.4 Å². The SMILES string of the molecule is c1ccc(-c2ccc([Si]3(c4ccc(-c5ccc(N(c6ccccc6)c6ccccc6)cc5)cc4)c4ccccc4-c4c3ccc3c4Oc4ccccc4O3)cc2)cc1. The van der Waals surface area contributed by atoms with E-state index in [9.17, 15) is 0 Å². The number of nitrogens with zero attached hydrogens (tertiary/aromatic N) is 1. The van der Waals surface area contributed by atoms with E-state index in [1.54, 1.807) is 0 Å². The molecule has 0 spiro atoms. The van der Waals surface area contributed by atoms with Crippen molar-refractivity contribution in [1.29, 1.82) is 0 Å². The molecule has 9 aromatic rings. The van der Waals surface area contributed by atoms with Gasteiger partial charge in [0.25, 0.3) is 0 Å². The second-order valence-electron chi connectivity index (χ2n) is 14.8. The van der Waals surface area contributed by atoms with Crippen LogP contribution in [-0.2, 0) is 0 Å². The Morgan fingerprint density at radius 2 is 0.759 bits per heavy atom. The Bertz CT molecular complexity index is 2880. The zero-order chi connectivity index (χ0) is 38.5. The Kier molecular flexibility index (Phi) is 8.16. The van der Waals surface area contributed by atoms with Crippen molar-refractivity contribution in [2.24, 2.45) is 0 Å². The second kappa shape index (κ2) is 14.0. The first kappa shape index (κ1) is 33.9. The number of benzene rings is 9. The Hall–Kier alpha value is -7.40. The van der Waals surface area contributed by atoms with Crippen LogP contribution in [0, 0.1) is 0 Å². The van der Waals surface area contributed by atoms with Gasteiger partial charge in [-0.3, -0.25) is 0 Å². The first-order valence-electron chi connectivity index (χ1n) is 19.7. The first-order valence-corrected chi connectivity index (χ1v) is 21.7. The van der Waals surface area contributed by atoms with E-state index >= 15 is 0 Å². The monoisotopic (exact) mass is 759 g/mol. The van der Waals surface area contributed by atoms with Crippen LogP contribution < -0.4 is 35.1 Å². The summed E-state index contributed by atoms with van der Waals surface area (Å²) in [7, 11) is -2.87. The summed E-state index contributed by atoms with van der Waals surface area (Å²) in [5.41, 5.74) is 10.4. The molecule has 0 aliphatic carbocycles. The first-order chi connectivity index (χ1) is 28.8. The number of hydrogen-bond donors (Lipinski definition) is 0. The van der Waals surface area contributed by atoms with E-state index in [0.717, 1.165) is 45.6 Å². The van der Waals surface area contributed by atoms with Crippen LogP contribution in [-0.4, -0.2) is 8.07 Å². The molecule has 4 heteroatoms. The van der Waals surface area contributed by atoms with Crippen molar-refractivity contribution >= 4 is 45.9 Å². The summed E-state index contributed by atoms with van der Waals surface area (Å²) in [5, 5.41) is 5.31. The Labute approximate surface area is 339 Å². The van der Waals surface area contributed by atoms with E-state index in [0.29, 0.717) is 0 Å². The van der Waals surface area contributed by atoms with Gasteiger partial charge in [0.15, 0.2) is 31.1 Å². The molecule has 0 bridgehead atoms. The lowest BCUT2D eigenvalue weighted by Gasteiger charge is -2.32. The number of fused-ring (bicyclic) bond motifs is 6.